The molecule has 1 aromatic heterocycles. The van der Waals surface area contributed by atoms with Crippen molar-refractivity contribution in [1.82, 2.24) is 4.98 Å². The van der Waals surface area contributed by atoms with E-state index in [4.69, 9.17) is 4.74 Å². The van der Waals surface area contributed by atoms with E-state index in [9.17, 15) is 14.7 Å². The molecule has 2 aromatic rings. The summed E-state index contributed by atoms with van der Waals surface area (Å²) in [7, 11) is 1.49. The first-order valence-electron chi connectivity index (χ1n) is 6.03. The monoisotopic (exact) mass is 259 g/mol. The third kappa shape index (κ3) is 1.54. The normalized spacial score (nSPS) is 17.8. The third-order valence-electron chi connectivity index (χ3n) is 3.62. The molecule has 0 amide bonds. The number of aromatic nitrogens is 1. The molecule has 98 valence electrons. The van der Waals surface area contributed by atoms with Gasteiger partial charge in [-0.05, 0) is 17.5 Å². The lowest BCUT2D eigenvalue weighted by molar-refractivity contribution is 0.0986. The molecule has 1 aliphatic rings. The summed E-state index contributed by atoms with van der Waals surface area (Å²) in [5, 5.41) is 10.8. The molecular weight excluding hydrogens is 246 g/mol. The van der Waals surface area contributed by atoms with E-state index in [0.29, 0.717) is 23.3 Å². The van der Waals surface area contributed by atoms with E-state index in [-0.39, 0.29) is 22.8 Å². The highest BCUT2D eigenvalue weighted by molar-refractivity contribution is 6.05. The Bertz CT molecular complexity index is 760. The molecule has 0 saturated carbocycles. The van der Waals surface area contributed by atoms with Crippen molar-refractivity contribution < 1.29 is 14.6 Å². The Morgan fingerprint density at radius 3 is 2.79 bits per heavy atom. The van der Waals surface area contributed by atoms with E-state index in [2.05, 4.69) is 4.98 Å². The molecule has 0 bridgehead atoms. The molecule has 0 saturated heterocycles. The van der Waals surface area contributed by atoms with E-state index in [1.807, 2.05) is 6.92 Å². The minimum absolute atomic E-state index is 0.0216. The minimum Gasteiger partial charge on any atom is -0.507 e. The number of ketones is 1. The maximum atomic E-state index is 12.0. The second kappa shape index (κ2) is 3.85. The molecule has 1 unspecified atom stereocenters. The Labute approximate surface area is 108 Å². The number of carbonyl (C=O) groups is 1. The van der Waals surface area contributed by atoms with Gasteiger partial charge in [0.2, 0.25) is 0 Å². The number of ether oxygens (including phenoxy) is 1. The summed E-state index contributed by atoms with van der Waals surface area (Å²) in [5.74, 6) is 0.284. The number of benzene rings is 1. The largest absolute Gasteiger partial charge is 0.507 e. The predicted molar refractivity (Wildman–Crippen MR) is 70.1 cm³/mol. The highest BCUT2D eigenvalue weighted by Gasteiger charge is 2.30. The number of phenols is 1. The molecule has 19 heavy (non-hydrogen) atoms. The maximum Gasteiger partial charge on any atom is 0.260 e. The van der Waals surface area contributed by atoms with Crippen LogP contribution in [0.15, 0.2) is 16.9 Å². The third-order valence-corrected chi connectivity index (χ3v) is 3.62. The van der Waals surface area contributed by atoms with Gasteiger partial charge >= 0.3 is 0 Å². The van der Waals surface area contributed by atoms with Crippen LogP contribution in [0, 0.1) is 0 Å². The van der Waals surface area contributed by atoms with Crippen LogP contribution in [-0.2, 0) is 0 Å². The molecule has 1 aromatic carbocycles. The number of methoxy groups -OCH3 is 1. The van der Waals surface area contributed by atoms with Crippen molar-refractivity contribution in [2.45, 2.75) is 19.3 Å². The number of Topliss-reactive ketones (excluding diaryl/α,β-unsaturated/α-hetero) is 1. The van der Waals surface area contributed by atoms with Crippen LogP contribution in [-0.4, -0.2) is 23.0 Å². The van der Waals surface area contributed by atoms with Crippen LogP contribution >= 0.6 is 0 Å². The molecular formula is C14H13NO4. The number of aromatic amines is 1. The first-order valence-corrected chi connectivity index (χ1v) is 6.03. The summed E-state index contributed by atoms with van der Waals surface area (Å²) in [6, 6.07) is 3.09. The molecule has 0 radical (unpaired) electrons. The topological polar surface area (TPSA) is 79.4 Å². The van der Waals surface area contributed by atoms with Gasteiger partial charge in [0.1, 0.15) is 11.5 Å². The van der Waals surface area contributed by atoms with Gasteiger partial charge < -0.3 is 14.8 Å². The van der Waals surface area contributed by atoms with Crippen LogP contribution in [0.25, 0.3) is 10.8 Å². The molecule has 1 atom stereocenters. The zero-order valence-electron chi connectivity index (χ0n) is 10.6. The Balaban J connectivity index is 2.51. The Morgan fingerprint density at radius 2 is 2.11 bits per heavy atom. The number of pyridine rings is 1. The van der Waals surface area contributed by atoms with Gasteiger partial charge in [-0.1, -0.05) is 6.92 Å². The second-order valence-corrected chi connectivity index (χ2v) is 4.84. The lowest BCUT2D eigenvalue weighted by atomic mass is 9.98. The molecule has 1 heterocycles. The number of rotatable bonds is 1. The molecule has 3 rings (SSSR count). The van der Waals surface area contributed by atoms with Crippen LogP contribution in [0.3, 0.4) is 0 Å². The fraction of sp³-hybridized carbons (Fsp3) is 0.286. The second-order valence-electron chi connectivity index (χ2n) is 4.84. The van der Waals surface area contributed by atoms with E-state index < -0.39 is 5.56 Å². The molecule has 0 fully saturated rings. The van der Waals surface area contributed by atoms with Crippen LogP contribution in [0.2, 0.25) is 0 Å². The van der Waals surface area contributed by atoms with Crippen molar-refractivity contribution >= 4 is 16.6 Å². The highest BCUT2D eigenvalue weighted by atomic mass is 16.5. The van der Waals surface area contributed by atoms with Gasteiger partial charge in [-0.3, -0.25) is 9.59 Å². The Kier molecular flexibility index (Phi) is 2.38. The maximum absolute atomic E-state index is 12.0. The molecule has 1 aliphatic carbocycles. The summed E-state index contributed by atoms with van der Waals surface area (Å²) >= 11 is 0. The number of carbonyl (C=O) groups excluding carboxylic acids is 1. The zero-order valence-corrected chi connectivity index (χ0v) is 10.6. The van der Waals surface area contributed by atoms with Crippen LogP contribution in [0.5, 0.6) is 11.5 Å². The van der Waals surface area contributed by atoms with Gasteiger partial charge in [0.25, 0.3) is 5.56 Å². The Hall–Kier alpha value is -2.30. The number of aromatic hydroxyl groups is 1. The predicted octanol–water partition coefficient (Wildman–Crippen LogP) is 1.93. The fourth-order valence-corrected chi connectivity index (χ4v) is 2.76. The Morgan fingerprint density at radius 1 is 1.37 bits per heavy atom. The van der Waals surface area contributed by atoms with E-state index >= 15 is 0 Å². The van der Waals surface area contributed by atoms with Crippen LogP contribution in [0.1, 0.15) is 35.3 Å². The average molecular weight is 259 g/mol. The summed E-state index contributed by atoms with van der Waals surface area (Å²) in [6.07, 6.45) is 0.377. The van der Waals surface area contributed by atoms with Gasteiger partial charge in [-0.25, -0.2) is 0 Å². The summed E-state index contributed by atoms with van der Waals surface area (Å²) in [6.45, 7) is 1.93. The number of nitrogens with one attached hydrogen (secondary N) is 1. The molecule has 0 spiro atoms. The summed E-state index contributed by atoms with van der Waals surface area (Å²) in [5.41, 5.74) is 0.697. The van der Waals surface area contributed by atoms with Gasteiger partial charge in [0.15, 0.2) is 5.78 Å². The number of fused-ring (bicyclic) bond motifs is 3. The molecule has 0 aliphatic heterocycles. The van der Waals surface area contributed by atoms with Crippen molar-refractivity contribution in [3.63, 3.8) is 0 Å². The van der Waals surface area contributed by atoms with Crippen molar-refractivity contribution in [2.24, 2.45) is 0 Å². The zero-order chi connectivity index (χ0) is 13.7. The van der Waals surface area contributed by atoms with Gasteiger partial charge in [0.05, 0.1) is 18.2 Å². The van der Waals surface area contributed by atoms with Crippen molar-refractivity contribution in [2.75, 3.05) is 7.11 Å². The van der Waals surface area contributed by atoms with Gasteiger partial charge in [-0.2, -0.15) is 0 Å². The minimum atomic E-state index is -0.448. The van der Waals surface area contributed by atoms with Crippen molar-refractivity contribution in [3.05, 3.63) is 33.7 Å². The molecule has 5 nitrogen and oxygen atoms in total. The summed E-state index contributed by atoms with van der Waals surface area (Å²) < 4.78 is 5.11. The standard InChI is InChI=1S/C14H13NO4/c1-6-3-10(17)13-11(6)8-4-7(19-2)5-9(16)12(8)14(18)15-13/h4-6,16H,3H2,1-2H3,(H,15,18). The number of hydrogen-bond acceptors (Lipinski definition) is 4. The van der Waals surface area contributed by atoms with Gasteiger partial charge in [-0.15, -0.1) is 0 Å². The lowest BCUT2D eigenvalue weighted by Gasteiger charge is -2.11. The number of H-pyrrole nitrogens is 1. The summed E-state index contributed by atoms with van der Waals surface area (Å²) in [4.78, 5) is 26.4. The van der Waals surface area contributed by atoms with E-state index in [1.165, 1.54) is 13.2 Å². The van der Waals surface area contributed by atoms with Crippen molar-refractivity contribution in [3.8, 4) is 11.5 Å². The quantitative estimate of drug-likeness (QED) is 0.820. The molecule has 2 N–H and O–H groups in total. The first kappa shape index (κ1) is 11.8. The molecule has 5 heteroatoms. The van der Waals surface area contributed by atoms with E-state index in [0.717, 1.165) is 5.56 Å². The lowest BCUT2D eigenvalue weighted by Crippen LogP contribution is -2.12. The van der Waals surface area contributed by atoms with Crippen LogP contribution < -0.4 is 10.3 Å². The van der Waals surface area contributed by atoms with E-state index in [1.54, 1.807) is 6.07 Å². The highest BCUT2D eigenvalue weighted by Crippen LogP contribution is 2.39. The average Bonchev–Trinajstić information content (AvgIpc) is 2.64. The number of phenolic OH excluding ortho intramolecular Hbond substituents is 1. The smallest absolute Gasteiger partial charge is 0.260 e. The first-order chi connectivity index (χ1) is 9.02. The fourth-order valence-electron chi connectivity index (χ4n) is 2.76. The van der Waals surface area contributed by atoms with Crippen LogP contribution in [0.4, 0.5) is 0 Å². The van der Waals surface area contributed by atoms with Gasteiger partial charge in [0, 0.05) is 17.9 Å². The van der Waals surface area contributed by atoms with Crippen molar-refractivity contribution in [1.29, 1.82) is 0 Å². The number of hydrogen-bond donors (Lipinski definition) is 2. The SMILES string of the molecule is COc1cc(O)c2c(=O)[nH]c3c(c2c1)C(C)CC3=O.